The van der Waals surface area contributed by atoms with Gasteiger partial charge in [-0.25, -0.2) is 4.39 Å². The fraction of sp³-hybridized carbons (Fsp3) is 0.316. The second-order valence-corrected chi connectivity index (χ2v) is 7.29. The average Bonchev–Trinajstić information content (AvgIpc) is 3.02. The number of rotatable bonds is 2. The minimum Gasteiger partial charge on any atom is -0.361 e. The molecule has 0 spiro atoms. The van der Waals surface area contributed by atoms with Crippen LogP contribution in [0, 0.1) is 5.82 Å². The Hall–Kier alpha value is -1.81. The molecule has 0 aromatic heterocycles. The lowest BCUT2D eigenvalue weighted by Crippen LogP contribution is -2.30. The number of nitrogens with one attached hydrogen (secondary N) is 1. The zero-order valence-corrected chi connectivity index (χ0v) is 13.6. The van der Waals surface area contributed by atoms with Crippen molar-refractivity contribution in [1.82, 2.24) is 5.32 Å². The standard InChI is InChI=1S/C19H18FNOS/c1-2-11-10-12(6-7-13(11)20)17-18-14(4-3-5-16(18)22)21-15-8-9-23-19(15)17/h2,6-7,10,17,21H,1,3-5,8-9H2. The van der Waals surface area contributed by atoms with Gasteiger partial charge >= 0.3 is 0 Å². The van der Waals surface area contributed by atoms with E-state index in [1.807, 2.05) is 23.9 Å². The number of carbonyl (C=O) groups excluding carboxylic acids is 1. The molecule has 0 radical (unpaired) electrons. The third kappa shape index (κ3) is 2.36. The molecule has 2 heterocycles. The maximum absolute atomic E-state index is 13.8. The van der Waals surface area contributed by atoms with Crippen LogP contribution in [0.25, 0.3) is 6.08 Å². The molecule has 23 heavy (non-hydrogen) atoms. The van der Waals surface area contributed by atoms with Gasteiger partial charge in [0.25, 0.3) is 0 Å². The van der Waals surface area contributed by atoms with Crippen molar-refractivity contribution in [1.29, 1.82) is 0 Å². The molecule has 1 aromatic carbocycles. The minimum atomic E-state index is -0.268. The first kappa shape index (κ1) is 14.8. The van der Waals surface area contributed by atoms with E-state index in [0.29, 0.717) is 12.0 Å². The number of Topliss-reactive ketones (excluding diaryl/α,β-unsaturated/α-hetero) is 1. The number of ketones is 1. The first-order valence-corrected chi connectivity index (χ1v) is 8.98. The van der Waals surface area contributed by atoms with Gasteiger partial charge in [0, 0.05) is 45.5 Å². The largest absolute Gasteiger partial charge is 0.361 e. The number of benzene rings is 1. The van der Waals surface area contributed by atoms with Crippen LogP contribution < -0.4 is 5.32 Å². The van der Waals surface area contributed by atoms with Crippen LogP contribution in [0.3, 0.4) is 0 Å². The van der Waals surface area contributed by atoms with Crippen LogP contribution in [0.5, 0.6) is 0 Å². The molecule has 1 N–H and O–H groups in total. The highest BCUT2D eigenvalue weighted by Gasteiger charge is 2.38. The van der Waals surface area contributed by atoms with Crippen molar-refractivity contribution in [3.63, 3.8) is 0 Å². The van der Waals surface area contributed by atoms with Gasteiger partial charge in [-0.1, -0.05) is 18.7 Å². The number of thioether (sulfide) groups is 1. The Kier molecular flexibility index (Phi) is 3.64. The summed E-state index contributed by atoms with van der Waals surface area (Å²) in [5.74, 6) is 0.960. The Bertz CT molecular complexity index is 778. The van der Waals surface area contributed by atoms with E-state index in [2.05, 4.69) is 11.9 Å². The molecule has 0 amide bonds. The molecule has 3 aliphatic rings. The highest BCUT2D eigenvalue weighted by molar-refractivity contribution is 8.03. The summed E-state index contributed by atoms with van der Waals surface area (Å²) in [7, 11) is 0. The van der Waals surface area contributed by atoms with E-state index in [-0.39, 0.29) is 17.5 Å². The Balaban J connectivity index is 1.88. The molecule has 1 atom stereocenters. The molecule has 2 nitrogen and oxygen atoms in total. The summed E-state index contributed by atoms with van der Waals surface area (Å²) < 4.78 is 13.8. The Labute approximate surface area is 139 Å². The van der Waals surface area contributed by atoms with Crippen LogP contribution in [0.2, 0.25) is 0 Å². The molecule has 4 heteroatoms. The lowest BCUT2D eigenvalue weighted by atomic mass is 9.79. The first-order valence-electron chi connectivity index (χ1n) is 8.00. The van der Waals surface area contributed by atoms with Crippen molar-refractivity contribution in [2.75, 3.05) is 5.75 Å². The molecular formula is C19H18FNOS. The van der Waals surface area contributed by atoms with Gasteiger partial charge in [0.15, 0.2) is 5.78 Å². The third-order valence-corrected chi connectivity index (χ3v) is 5.99. The molecule has 0 fully saturated rings. The maximum atomic E-state index is 13.8. The Morgan fingerprint density at radius 2 is 2.13 bits per heavy atom. The molecule has 1 unspecified atom stereocenters. The van der Waals surface area contributed by atoms with Crippen LogP contribution >= 0.6 is 11.8 Å². The smallest absolute Gasteiger partial charge is 0.161 e. The van der Waals surface area contributed by atoms with Crippen LogP contribution in [-0.4, -0.2) is 11.5 Å². The van der Waals surface area contributed by atoms with Gasteiger partial charge in [-0.3, -0.25) is 4.79 Å². The number of allylic oxidation sites excluding steroid dienone is 4. The quantitative estimate of drug-likeness (QED) is 0.866. The van der Waals surface area contributed by atoms with Crippen molar-refractivity contribution in [3.8, 4) is 0 Å². The van der Waals surface area contributed by atoms with Crippen molar-refractivity contribution in [2.24, 2.45) is 0 Å². The number of hydrogen-bond donors (Lipinski definition) is 1. The topological polar surface area (TPSA) is 29.1 Å². The van der Waals surface area contributed by atoms with Gasteiger partial charge < -0.3 is 5.32 Å². The van der Waals surface area contributed by atoms with Crippen LogP contribution in [0.15, 0.2) is 46.7 Å². The maximum Gasteiger partial charge on any atom is 0.161 e. The van der Waals surface area contributed by atoms with E-state index < -0.39 is 0 Å². The SMILES string of the molecule is C=Cc1cc(C2C3=C(CCS3)NC3=C2C(=O)CCC3)ccc1F. The van der Waals surface area contributed by atoms with Crippen molar-refractivity contribution in [3.05, 3.63) is 63.6 Å². The summed E-state index contributed by atoms with van der Waals surface area (Å²) >= 11 is 1.82. The normalized spacial score (nSPS) is 23.5. The Morgan fingerprint density at radius 1 is 1.26 bits per heavy atom. The zero-order chi connectivity index (χ0) is 16.0. The molecule has 0 bridgehead atoms. The number of halogens is 1. The predicted molar refractivity (Wildman–Crippen MR) is 92.4 cm³/mol. The summed E-state index contributed by atoms with van der Waals surface area (Å²) in [4.78, 5) is 13.8. The molecule has 2 aliphatic heterocycles. The van der Waals surface area contributed by atoms with Gasteiger partial charge in [0.2, 0.25) is 0 Å². The Morgan fingerprint density at radius 3 is 2.96 bits per heavy atom. The first-order chi connectivity index (χ1) is 11.2. The van der Waals surface area contributed by atoms with Gasteiger partial charge in [-0.2, -0.15) is 0 Å². The molecular weight excluding hydrogens is 309 g/mol. The molecule has 4 rings (SSSR count). The molecule has 0 saturated carbocycles. The second kappa shape index (κ2) is 5.68. The highest BCUT2D eigenvalue weighted by Crippen LogP contribution is 2.50. The van der Waals surface area contributed by atoms with E-state index in [1.54, 1.807) is 0 Å². The molecule has 118 valence electrons. The average molecular weight is 327 g/mol. The third-order valence-electron chi connectivity index (χ3n) is 4.79. The van der Waals surface area contributed by atoms with Gasteiger partial charge in [-0.05, 0) is 37.0 Å². The van der Waals surface area contributed by atoms with Crippen molar-refractivity contribution < 1.29 is 9.18 Å². The summed E-state index contributed by atoms with van der Waals surface area (Å²) in [5, 5.41) is 3.51. The van der Waals surface area contributed by atoms with E-state index in [9.17, 15) is 9.18 Å². The number of dihydropyridines is 1. The van der Waals surface area contributed by atoms with E-state index >= 15 is 0 Å². The fourth-order valence-electron chi connectivity index (χ4n) is 3.71. The van der Waals surface area contributed by atoms with Gasteiger partial charge in [0.1, 0.15) is 5.82 Å². The monoisotopic (exact) mass is 327 g/mol. The van der Waals surface area contributed by atoms with Crippen LogP contribution in [-0.2, 0) is 4.79 Å². The van der Waals surface area contributed by atoms with Crippen LogP contribution in [0.4, 0.5) is 4.39 Å². The highest BCUT2D eigenvalue weighted by atomic mass is 32.2. The molecule has 0 saturated heterocycles. The van der Waals surface area contributed by atoms with Crippen molar-refractivity contribution >= 4 is 23.6 Å². The van der Waals surface area contributed by atoms with E-state index in [4.69, 9.17) is 0 Å². The van der Waals surface area contributed by atoms with Crippen LogP contribution in [0.1, 0.15) is 42.7 Å². The fourth-order valence-corrected chi connectivity index (χ4v) is 4.99. The summed E-state index contributed by atoms with van der Waals surface area (Å²) in [6.07, 6.45) is 4.99. The molecule has 1 aliphatic carbocycles. The van der Waals surface area contributed by atoms with E-state index in [0.717, 1.165) is 41.8 Å². The lowest BCUT2D eigenvalue weighted by molar-refractivity contribution is -0.116. The number of carbonyl (C=O) groups is 1. The number of hydrogen-bond acceptors (Lipinski definition) is 3. The lowest BCUT2D eigenvalue weighted by Gasteiger charge is -2.33. The summed E-state index contributed by atoms with van der Waals surface area (Å²) in [6.45, 7) is 3.69. The van der Waals surface area contributed by atoms with Crippen molar-refractivity contribution in [2.45, 2.75) is 31.6 Å². The zero-order valence-electron chi connectivity index (χ0n) is 12.8. The minimum absolute atomic E-state index is 0.0409. The summed E-state index contributed by atoms with van der Waals surface area (Å²) in [6, 6.07) is 5.14. The van der Waals surface area contributed by atoms with E-state index in [1.165, 1.54) is 22.7 Å². The second-order valence-electron chi connectivity index (χ2n) is 6.15. The summed E-state index contributed by atoms with van der Waals surface area (Å²) in [5.41, 5.74) is 4.71. The molecule has 1 aromatic rings. The predicted octanol–water partition coefficient (Wildman–Crippen LogP) is 4.51. The van der Waals surface area contributed by atoms with Gasteiger partial charge in [0.05, 0.1) is 0 Å². The van der Waals surface area contributed by atoms with Gasteiger partial charge in [-0.15, -0.1) is 11.8 Å².